The molecular formula is C16H24N2O2. The molecule has 0 spiro atoms. The molecule has 0 aliphatic carbocycles. The fourth-order valence-electron chi connectivity index (χ4n) is 2.92. The van der Waals surface area contributed by atoms with Crippen molar-refractivity contribution in [2.45, 2.75) is 25.4 Å². The first-order valence-corrected chi connectivity index (χ1v) is 7.72. The Balaban J connectivity index is 1.54. The third-order valence-electron chi connectivity index (χ3n) is 4.04. The monoisotopic (exact) mass is 276 g/mol. The second-order valence-corrected chi connectivity index (χ2v) is 5.48. The summed E-state index contributed by atoms with van der Waals surface area (Å²) in [6.07, 6.45) is 3.79. The van der Waals surface area contributed by atoms with Gasteiger partial charge < -0.3 is 19.7 Å². The maximum Gasteiger partial charge on any atom is 0.142 e. The molecule has 2 aliphatic heterocycles. The van der Waals surface area contributed by atoms with Gasteiger partial charge in [-0.2, -0.15) is 0 Å². The second-order valence-electron chi connectivity index (χ2n) is 5.48. The lowest BCUT2D eigenvalue weighted by atomic mass is 10.1. The Morgan fingerprint density at radius 2 is 2.10 bits per heavy atom. The van der Waals surface area contributed by atoms with Gasteiger partial charge in [0.1, 0.15) is 5.75 Å². The van der Waals surface area contributed by atoms with E-state index in [9.17, 15) is 0 Å². The SMILES string of the molecule is c1ccc2c(c1)OCCCN2CCOC1CCNCC1. The standard InChI is InChI=1S/C16H24N2O2/c1-2-5-16-15(4-1)18(10-3-12-20-16)11-13-19-14-6-8-17-9-7-14/h1-2,4-5,14,17H,3,6-13H2. The summed E-state index contributed by atoms with van der Waals surface area (Å²) in [6.45, 7) is 5.79. The molecule has 4 nitrogen and oxygen atoms in total. The topological polar surface area (TPSA) is 33.7 Å². The quantitative estimate of drug-likeness (QED) is 0.912. The first kappa shape index (κ1) is 13.7. The molecule has 1 aromatic rings. The molecule has 0 atom stereocenters. The number of nitrogens with one attached hydrogen (secondary N) is 1. The smallest absolute Gasteiger partial charge is 0.142 e. The number of piperidine rings is 1. The fourth-order valence-corrected chi connectivity index (χ4v) is 2.92. The molecule has 110 valence electrons. The van der Waals surface area contributed by atoms with Crippen LogP contribution in [0.25, 0.3) is 0 Å². The molecule has 1 saturated heterocycles. The van der Waals surface area contributed by atoms with Crippen LogP contribution >= 0.6 is 0 Å². The van der Waals surface area contributed by atoms with Crippen LogP contribution in [0.1, 0.15) is 19.3 Å². The maximum absolute atomic E-state index is 6.02. The third kappa shape index (κ3) is 3.44. The lowest BCUT2D eigenvalue weighted by Gasteiger charge is -2.27. The lowest BCUT2D eigenvalue weighted by molar-refractivity contribution is 0.0372. The van der Waals surface area contributed by atoms with Crippen LogP contribution in [0.15, 0.2) is 24.3 Å². The van der Waals surface area contributed by atoms with Gasteiger partial charge in [-0.3, -0.25) is 0 Å². The average molecular weight is 276 g/mol. The molecule has 1 aromatic carbocycles. The molecule has 1 fully saturated rings. The summed E-state index contributed by atoms with van der Waals surface area (Å²) >= 11 is 0. The van der Waals surface area contributed by atoms with E-state index < -0.39 is 0 Å². The number of nitrogens with zero attached hydrogens (tertiary/aromatic N) is 1. The van der Waals surface area contributed by atoms with Crippen LogP contribution in [-0.4, -0.2) is 45.5 Å². The summed E-state index contributed by atoms with van der Waals surface area (Å²) in [5, 5.41) is 3.37. The Kier molecular flexibility index (Phi) is 4.77. The van der Waals surface area contributed by atoms with E-state index in [0.717, 1.165) is 64.4 Å². The predicted molar refractivity (Wildman–Crippen MR) is 80.6 cm³/mol. The third-order valence-corrected chi connectivity index (χ3v) is 4.04. The summed E-state index contributed by atoms with van der Waals surface area (Å²) < 4.78 is 11.8. The van der Waals surface area contributed by atoms with Gasteiger partial charge in [-0.15, -0.1) is 0 Å². The van der Waals surface area contributed by atoms with Gasteiger partial charge in [0.25, 0.3) is 0 Å². The van der Waals surface area contributed by atoms with Crippen molar-refractivity contribution in [2.24, 2.45) is 0 Å². The lowest BCUT2D eigenvalue weighted by Crippen LogP contribution is -2.35. The Morgan fingerprint density at radius 3 is 3.00 bits per heavy atom. The maximum atomic E-state index is 6.02. The van der Waals surface area contributed by atoms with Gasteiger partial charge in [0, 0.05) is 13.1 Å². The van der Waals surface area contributed by atoms with E-state index in [-0.39, 0.29) is 0 Å². The van der Waals surface area contributed by atoms with Crippen molar-refractivity contribution in [3.63, 3.8) is 0 Å². The van der Waals surface area contributed by atoms with Gasteiger partial charge in [-0.1, -0.05) is 12.1 Å². The van der Waals surface area contributed by atoms with Crippen molar-refractivity contribution >= 4 is 5.69 Å². The molecule has 0 aromatic heterocycles. The Morgan fingerprint density at radius 1 is 1.25 bits per heavy atom. The average Bonchev–Trinajstić information content (AvgIpc) is 2.71. The van der Waals surface area contributed by atoms with Gasteiger partial charge in [0.2, 0.25) is 0 Å². The molecule has 3 rings (SSSR count). The summed E-state index contributed by atoms with van der Waals surface area (Å²) in [4.78, 5) is 2.39. The van der Waals surface area contributed by atoms with Crippen molar-refractivity contribution in [3.8, 4) is 5.75 Å². The highest BCUT2D eigenvalue weighted by atomic mass is 16.5. The minimum Gasteiger partial charge on any atom is -0.491 e. The number of hydrogen-bond acceptors (Lipinski definition) is 4. The van der Waals surface area contributed by atoms with Gasteiger partial charge in [-0.25, -0.2) is 0 Å². The molecular weight excluding hydrogens is 252 g/mol. The van der Waals surface area contributed by atoms with Gasteiger partial charge in [-0.05, 0) is 44.5 Å². The molecule has 2 heterocycles. The van der Waals surface area contributed by atoms with Crippen LogP contribution in [-0.2, 0) is 4.74 Å². The normalized spacial score (nSPS) is 20.1. The molecule has 20 heavy (non-hydrogen) atoms. The number of benzene rings is 1. The summed E-state index contributed by atoms with van der Waals surface area (Å²) in [5.41, 5.74) is 1.21. The van der Waals surface area contributed by atoms with E-state index in [4.69, 9.17) is 9.47 Å². The van der Waals surface area contributed by atoms with E-state index in [1.807, 2.05) is 6.07 Å². The van der Waals surface area contributed by atoms with Crippen molar-refractivity contribution in [1.29, 1.82) is 0 Å². The number of ether oxygens (including phenoxy) is 2. The zero-order valence-electron chi connectivity index (χ0n) is 12.0. The van der Waals surface area contributed by atoms with Crippen molar-refractivity contribution < 1.29 is 9.47 Å². The number of hydrogen-bond donors (Lipinski definition) is 1. The minimum atomic E-state index is 0.440. The first-order valence-electron chi connectivity index (χ1n) is 7.72. The number of rotatable bonds is 4. The van der Waals surface area contributed by atoms with Crippen LogP contribution in [0.4, 0.5) is 5.69 Å². The van der Waals surface area contributed by atoms with Gasteiger partial charge in [0.05, 0.1) is 25.0 Å². The van der Waals surface area contributed by atoms with Gasteiger partial charge in [0.15, 0.2) is 0 Å². The van der Waals surface area contributed by atoms with Crippen LogP contribution in [0.2, 0.25) is 0 Å². The van der Waals surface area contributed by atoms with Crippen LogP contribution in [0, 0.1) is 0 Å². The number of fused-ring (bicyclic) bond motifs is 1. The largest absolute Gasteiger partial charge is 0.491 e. The van der Waals surface area contributed by atoms with Crippen molar-refractivity contribution in [3.05, 3.63) is 24.3 Å². The van der Waals surface area contributed by atoms with E-state index in [2.05, 4.69) is 28.4 Å². The zero-order valence-corrected chi connectivity index (χ0v) is 12.0. The van der Waals surface area contributed by atoms with E-state index in [1.165, 1.54) is 5.69 Å². The number of anilines is 1. The van der Waals surface area contributed by atoms with E-state index in [0.29, 0.717) is 6.10 Å². The second kappa shape index (κ2) is 6.95. The van der Waals surface area contributed by atoms with E-state index >= 15 is 0 Å². The van der Waals surface area contributed by atoms with E-state index in [1.54, 1.807) is 0 Å². The molecule has 0 radical (unpaired) electrons. The number of para-hydroxylation sites is 2. The highest BCUT2D eigenvalue weighted by molar-refractivity contribution is 5.58. The van der Waals surface area contributed by atoms with Crippen molar-refractivity contribution in [2.75, 3.05) is 44.3 Å². The molecule has 0 amide bonds. The summed E-state index contributed by atoms with van der Waals surface area (Å²) in [5.74, 6) is 1.01. The molecule has 0 unspecified atom stereocenters. The van der Waals surface area contributed by atoms with Crippen molar-refractivity contribution in [1.82, 2.24) is 5.32 Å². The fraction of sp³-hybridized carbons (Fsp3) is 0.625. The van der Waals surface area contributed by atoms with Gasteiger partial charge >= 0.3 is 0 Å². The molecule has 1 N–H and O–H groups in total. The van der Waals surface area contributed by atoms with Crippen LogP contribution in [0.5, 0.6) is 5.75 Å². The predicted octanol–water partition coefficient (Wildman–Crippen LogP) is 2.04. The molecule has 2 aliphatic rings. The summed E-state index contributed by atoms with van der Waals surface area (Å²) in [7, 11) is 0. The molecule has 0 saturated carbocycles. The van der Waals surface area contributed by atoms with Crippen LogP contribution in [0.3, 0.4) is 0 Å². The highest BCUT2D eigenvalue weighted by Crippen LogP contribution is 2.30. The molecule has 4 heteroatoms. The Bertz CT molecular complexity index is 419. The first-order chi connectivity index (χ1) is 9.93. The Hall–Kier alpha value is -1.26. The zero-order chi connectivity index (χ0) is 13.6. The molecule has 0 bridgehead atoms. The van der Waals surface area contributed by atoms with Crippen LogP contribution < -0.4 is 15.0 Å². The highest BCUT2D eigenvalue weighted by Gasteiger charge is 2.17. The minimum absolute atomic E-state index is 0.440. The summed E-state index contributed by atoms with van der Waals surface area (Å²) in [6, 6.07) is 8.31. The Labute approximate surface area is 121 Å².